The molecule has 0 aliphatic rings. The van der Waals surface area contributed by atoms with Crippen molar-refractivity contribution in [3.05, 3.63) is 29.3 Å². The van der Waals surface area contributed by atoms with Crippen LogP contribution in [0.2, 0.25) is 0 Å². The van der Waals surface area contributed by atoms with Crippen LogP contribution in [0.1, 0.15) is 36.7 Å². The Kier molecular flexibility index (Phi) is 5.52. The lowest BCUT2D eigenvalue weighted by Gasteiger charge is -2.27. The third-order valence-electron chi connectivity index (χ3n) is 3.58. The van der Waals surface area contributed by atoms with Crippen molar-refractivity contribution in [3.8, 4) is 11.8 Å². The van der Waals surface area contributed by atoms with Gasteiger partial charge in [-0.15, -0.1) is 0 Å². The number of aryl methyl sites for hydroxylation is 1. The van der Waals surface area contributed by atoms with Gasteiger partial charge in [0.25, 0.3) is 5.91 Å². The number of nitrogens with zero attached hydrogens (tertiary/aromatic N) is 1. The van der Waals surface area contributed by atoms with E-state index in [0.29, 0.717) is 5.56 Å². The molecule has 22 heavy (non-hydrogen) atoms. The number of benzene rings is 1. The van der Waals surface area contributed by atoms with Gasteiger partial charge < -0.3 is 15.2 Å². The summed E-state index contributed by atoms with van der Waals surface area (Å²) in [5.74, 6) is -1.63. The maximum atomic E-state index is 11.9. The van der Waals surface area contributed by atoms with Gasteiger partial charge in [-0.05, 0) is 31.4 Å². The molecule has 0 unspecified atom stereocenters. The van der Waals surface area contributed by atoms with Crippen LogP contribution in [-0.2, 0) is 9.53 Å². The molecule has 0 aliphatic heterocycles. The smallest absolute Gasteiger partial charge is 0.342 e. The van der Waals surface area contributed by atoms with Gasteiger partial charge in [0.15, 0.2) is 6.61 Å². The average molecular weight is 304 g/mol. The van der Waals surface area contributed by atoms with E-state index in [1.807, 2.05) is 6.07 Å². The number of phenolic OH excluding ortho intramolecular Hbond substituents is 1. The van der Waals surface area contributed by atoms with E-state index in [9.17, 15) is 14.7 Å². The number of amides is 1. The first-order chi connectivity index (χ1) is 10.2. The fourth-order valence-corrected chi connectivity index (χ4v) is 1.66. The normalized spacial score (nSPS) is 13.1. The molecule has 2 N–H and O–H groups in total. The fourth-order valence-electron chi connectivity index (χ4n) is 1.66. The Morgan fingerprint density at radius 1 is 1.45 bits per heavy atom. The van der Waals surface area contributed by atoms with Crippen LogP contribution in [0.5, 0.6) is 5.75 Å². The molecule has 6 heteroatoms. The second-order valence-corrected chi connectivity index (χ2v) is 5.56. The molecule has 1 atom stereocenters. The van der Waals surface area contributed by atoms with Crippen LogP contribution in [0.4, 0.5) is 0 Å². The molecule has 0 aromatic heterocycles. The molecule has 0 fully saturated rings. The molecule has 0 saturated carbocycles. The summed E-state index contributed by atoms with van der Waals surface area (Å²) in [6.07, 6.45) is 0. The Morgan fingerprint density at radius 3 is 2.64 bits per heavy atom. The van der Waals surface area contributed by atoms with Gasteiger partial charge in [0.1, 0.15) is 16.9 Å². The Balaban J connectivity index is 2.67. The second-order valence-electron chi connectivity index (χ2n) is 5.56. The van der Waals surface area contributed by atoms with Crippen LogP contribution in [0.15, 0.2) is 18.2 Å². The number of hydrogen-bond donors (Lipinski definition) is 2. The lowest BCUT2D eigenvalue weighted by molar-refractivity contribution is -0.125. The third kappa shape index (κ3) is 3.98. The van der Waals surface area contributed by atoms with E-state index < -0.39 is 24.0 Å². The zero-order valence-electron chi connectivity index (χ0n) is 13.1. The number of para-hydroxylation sites is 1. The minimum Gasteiger partial charge on any atom is -0.507 e. The van der Waals surface area contributed by atoms with Crippen LogP contribution in [-0.4, -0.2) is 29.1 Å². The van der Waals surface area contributed by atoms with E-state index in [1.165, 1.54) is 6.07 Å². The molecular formula is C16H20N2O4. The number of carbonyl (C=O) groups excluding carboxylic acids is 2. The van der Waals surface area contributed by atoms with Crippen molar-refractivity contribution in [2.24, 2.45) is 5.92 Å². The van der Waals surface area contributed by atoms with E-state index >= 15 is 0 Å². The van der Waals surface area contributed by atoms with Crippen molar-refractivity contribution in [2.45, 2.75) is 33.2 Å². The van der Waals surface area contributed by atoms with E-state index in [1.54, 1.807) is 39.8 Å². The first-order valence-corrected chi connectivity index (χ1v) is 6.89. The number of carbonyl (C=O) groups is 2. The van der Waals surface area contributed by atoms with Crippen LogP contribution >= 0.6 is 0 Å². The molecular weight excluding hydrogens is 284 g/mol. The van der Waals surface area contributed by atoms with E-state index in [2.05, 4.69) is 5.32 Å². The minimum atomic E-state index is -1.03. The minimum absolute atomic E-state index is 0.000274. The highest BCUT2D eigenvalue weighted by molar-refractivity contribution is 5.94. The molecule has 1 aromatic rings. The third-order valence-corrected chi connectivity index (χ3v) is 3.58. The van der Waals surface area contributed by atoms with Gasteiger partial charge in [-0.1, -0.05) is 26.0 Å². The Bertz CT molecular complexity index is 619. The lowest BCUT2D eigenvalue weighted by Crippen LogP contribution is -2.50. The van der Waals surface area contributed by atoms with Crippen molar-refractivity contribution in [2.75, 3.05) is 6.61 Å². The summed E-state index contributed by atoms with van der Waals surface area (Å²) >= 11 is 0. The van der Waals surface area contributed by atoms with Gasteiger partial charge in [-0.3, -0.25) is 4.79 Å². The monoisotopic (exact) mass is 304 g/mol. The van der Waals surface area contributed by atoms with Crippen molar-refractivity contribution >= 4 is 11.9 Å². The van der Waals surface area contributed by atoms with E-state index in [-0.39, 0.29) is 17.2 Å². The molecule has 1 rings (SSSR count). The number of ether oxygens (including phenoxy) is 1. The largest absolute Gasteiger partial charge is 0.507 e. The van der Waals surface area contributed by atoms with Gasteiger partial charge >= 0.3 is 5.97 Å². The highest BCUT2D eigenvalue weighted by Gasteiger charge is 2.30. The first-order valence-electron chi connectivity index (χ1n) is 6.89. The summed E-state index contributed by atoms with van der Waals surface area (Å²) in [6.45, 7) is 6.35. The molecule has 1 aromatic carbocycles. The number of hydrogen-bond acceptors (Lipinski definition) is 5. The van der Waals surface area contributed by atoms with Crippen molar-refractivity contribution in [1.82, 2.24) is 5.32 Å². The summed E-state index contributed by atoms with van der Waals surface area (Å²) in [4.78, 5) is 23.7. The number of rotatable bonds is 5. The predicted molar refractivity (Wildman–Crippen MR) is 80.1 cm³/mol. The van der Waals surface area contributed by atoms with Crippen LogP contribution in [0, 0.1) is 24.2 Å². The summed E-state index contributed by atoms with van der Waals surface area (Å²) < 4.78 is 4.88. The maximum Gasteiger partial charge on any atom is 0.342 e. The Morgan fingerprint density at radius 2 is 2.09 bits per heavy atom. The van der Waals surface area contributed by atoms with Crippen LogP contribution in [0.3, 0.4) is 0 Å². The lowest BCUT2D eigenvalue weighted by atomic mass is 9.90. The van der Waals surface area contributed by atoms with Crippen molar-refractivity contribution in [3.63, 3.8) is 0 Å². The highest BCUT2D eigenvalue weighted by Crippen LogP contribution is 2.22. The number of aromatic hydroxyl groups is 1. The molecule has 0 spiro atoms. The summed E-state index contributed by atoms with van der Waals surface area (Å²) in [5, 5.41) is 21.4. The molecule has 0 heterocycles. The van der Waals surface area contributed by atoms with Gasteiger partial charge in [0.2, 0.25) is 0 Å². The molecule has 0 aliphatic carbocycles. The number of nitrogens with one attached hydrogen (secondary N) is 1. The summed E-state index contributed by atoms with van der Waals surface area (Å²) in [6, 6.07) is 6.71. The molecule has 118 valence electrons. The Labute approximate surface area is 129 Å². The standard InChI is InChI=1S/C16H20N2O4/c1-10(2)16(4,9-17)18-13(19)8-22-15(21)12-7-5-6-11(3)14(12)20/h5-7,10,20H,8H2,1-4H3,(H,18,19)/t16-/m0/s1. The van der Waals surface area contributed by atoms with E-state index in [0.717, 1.165) is 0 Å². The summed E-state index contributed by atoms with van der Waals surface area (Å²) in [7, 11) is 0. The number of phenols is 1. The van der Waals surface area contributed by atoms with Crippen molar-refractivity contribution < 1.29 is 19.4 Å². The topological polar surface area (TPSA) is 99.4 Å². The average Bonchev–Trinajstić information content (AvgIpc) is 2.47. The van der Waals surface area contributed by atoms with E-state index in [4.69, 9.17) is 10.00 Å². The number of esters is 1. The second kappa shape index (κ2) is 6.94. The predicted octanol–water partition coefficient (Wildman–Crippen LogP) is 1.91. The molecule has 0 saturated heterocycles. The molecule has 0 bridgehead atoms. The number of nitriles is 1. The van der Waals surface area contributed by atoms with Crippen molar-refractivity contribution in [1.29, 1.82) is 5.26 Å². The van der Waals surface area contributed by atoms with Gasteiger partial charge in [-0.2, -0.15) is 5.26 Å². The quantitative estimate of drug-likeness (QED) is 0.809. The zero-order chi connectivity index (χ0) is 16.9. The van der Waals surface area contributed by atoms with Crippen LogP contribution in [0.25, 0.3) is 0 Å². The maximum absolute atomic E-state index is 11.9. The summed E-state index contributed by atoms with van der Waals surface area (Å²) in [5.41, 5.74) is -0.495. The van der Waals surface area contributed by atoms with Gasteiger partial charge in [-0.25, -0.2) is 4.79 Å². The highest BCUT2D eigenvalue weighted by atomic mass is 16.5. The van der Waals surface area contributed by atoms with Crippen LogP contribution < -0.4 is 5.32 Å². The Hall–Kier alpha value is -2.55. The van der Waals surface area contributed by atoms with Gasteiger partial charge in [0, 0.05) is 0 Å². The fraction of sp³-hybridized carbons (Fsp3) is 0.438. The SMILES string of the molecule is Cc1cccc(C(=O)OCC(=O)N[C@@](C)(C#N)C(C)C)c1O. The first kappa shape index (κ1) is 17.5. The molecule has 6 nitrogen and oxygen atoms in total. The molecule has 1 amide bonds. The zero-order valence-corrected chi connectivity index (χ0v) is 13.1. The molecule has 0 radical (unpaired) electrons. The van der Waals surface area contributed by atoms with Gasteiger partial charge in [0.05, 0.1) is 6.07 Å².